The third-order valence-corrected chi connectivity index (χ3v) is 5.40. The molecule has 0 bridgehead atoms. The minimum Gasteiger partial charge on any atom is -0.330 e. The highest BCUT2D eigenvalue weighted by Gasteiger charge is 2.29. The molecule has 6 heteroatoms. The highest BCUT2D eigenvalue weighted by molar-refractivity contribution is 7.90. The molecule has 0 fully saturated rings. The summed E-state index contributed by atoms with van der Waals surface area (Å²) in [4.78, 5) is 0. The number of para-hydroxylation sites is 1. The zero-order valence-corrected chi connectivity index (χ0v) is 13.5. The molecule has 0 unspecified atom stereocenters. The Labute approximate surface area is 122 Å². The standard InChI is InChI=1S/C14H25N3O2S/c1-12(2)16(4)20(18,19)17(11-7-10-15)14-9-6-5-8-13(14)3/h5-6,8-9,12H,7,10-11,15H2,1-4H3. The average Bonchev–Trinajstić information content (AvgIpc) is 2.39. The Morgan fingerprint density at radius 1 is 1.25 bits per heavy atom. The molecule has 0 radical (unpaired) electrons. The third kappa shape index (κ3) is 3.71. The number of hydrogen-bond acceptors (Lipinski definition) is 3. The predicted octanol–water partition coefficient (Wildman–Crippen LogP) is 1.74. The van der Waals surface area contributed by atoms with Crippen molar-refractivity contribution in [2.75, 3.05) is 24.4 Å². The normalized spacial score (nSPS) is 12.2. The van der Waals surface area contributed by atoms with Crippen LogP contribution >= 0.6 is 0 Å². The van der Waals surface area contributed by atoms with Gasteiger partial charge in [-0.15, -0.1) is 0 Å². The molecule has 0 aromatic heterocycles. The molecule has 0 heterocycles. The second-order valence-corrected chi connectivity index (χ2v) is 7.03. The van der Waals surface area contributed by atoms with E-state index in [1.165, 1.54) is 8.61 Å². The second kappa shape index (κ2) is 7.06. The minimum absolute atomic E-state index is 0.0932. The maximum absolute atomic E-state index is 12.7. The van der Waals surface area contributed by atoms with Gasteiger partial charge in [0.05, 0.1) is 5.69 Å². The molecule has 1 aromatic rings. The van der Waals surface area contributed by atoms with Gasteiger partial charge in [0.2, 0.25) is 0 Å². The molecular weight excluding hydrogens is 274 g/mol. The van der Waals surface area contributed by atoms with Crippen molar-refractivity contribution in [2.24, 2.45) is 5.73 Å². The van der Waals surface area contributed by atoms with Gasteiger partial charge >= 0.3 is 10.2 Å². The molecule has 1 aromatic carbocycles. The van der Waals surface area contributed by atoms with Gasteiger partial charge in [-0.25, -0.2) is 0 Å². The van der Waals surface area contributed by atoms with Crippen molar-refractivity contribution in [3.05, 3.63) is 29.8 Å². The SMILES string of the molecule is Cc1ccccc1N(CCCN)S(=O)(=O)N(C)C(C)C. The molecule has 2 N–H and O–H groups in total. The summed E-state index contributed by atoms with van der Waals surface area (Å²) in [6.45, 7) is 6.48. The van der Waals surface area contributed by atoms with Crippen LogP contribution in [-0.4, -0.2) is 38.9 Å². The number of rotatable bonds is 7. The van der Waals surface area contributed by atoms with E-state index in [2.05, 4.69) is 0 Å². The van der Waals surface area contributed by atoms with E-state index < -0.39 is 10.2 Å². The monoisotopic (exact) mass is 299 g/mol. The fraction of sp³-hybridized carbons (Fsp3) is 0.571. The van der Waals surface area contributed by atoms with Crippen LogP contribution in [0.5, 0.6) is 0 Å². The molecule has 5 nitrogen and oxygen atoms in total. The van der Waals surface area contributed by atoms with Crippen molar-refractivity contribution in [2.45, 2.75) is 33.2 Å². The van der Waals surface area contributed by atoms with Crippen molar-refractivity contribution in [3.8, 4) is 0 Å². The lowest BCUT2D eigenvalue weighted by Gasteiger charge is -2.32. The van der Waals surface area contributed by atoms with Gasteiger partial charge in [-0.2, -0.15) is 12.7 Å². The first kappa shape index (κ1) is 16.9. The Kier molecular flexibility index (Phi) is 5.98. The molecule has 0 amide bonds. The second-order valence-electron chi connectivity index (χ2n) is 5.12. The van der Waals surface area contributed by atoms with Gasteiger partial charge in [-0.05, 0) is 45.4 Å². The molecule has 0 aliphatic rings. The Hall–Kier alpha value is -1.11. The van der Waals surface area contributed by atoms with E-state index in [0.717, 1.165) is 5.56 Å². The first-order valence-electron chi connectivity index (χ1n) is 6.83. The first-order chi connectivity index (χ1) is 9.32. The molecule has 0 saturated heterocycles. The minimum atomic E-state index is -3.54. The number of nitrogens with zero attached hydrogens (tertiary/aromatic N) is 2. The van der Waals surface area contributed by atoms with Gasteiger partial charge in [0.15, 0.2) is 0 Å². The summed E-state index contributed by atoms with van der Waals surface area (Å²) in [5.41, 5.74) is 7.19. The lowest BCUT2D eigenvalue weighted by Crippen LogP contribution is -2.46. The molecular formula is C14H25N3O2S. The Balaban J connectivity index is 3.23. The van der Waals surface area contributed by atoms with Crippen molar-refractivity contribution in [1.29, 1.82) is 0 Å². The van der Waals surface area contributed by atoms with E-state index in [9.17, 15) is 8.42 Å². The van der Waals surface area contributed by atoms with Gasteiger partial charge in [-0.3, -0.25) is 4.31 Å². The quantitative estimate of drug-likeness (QED) is 0.834. The number of anilines is 1. The maximum atomic E-state index is 12.7. The van der Waals surface area contributed by atoms with Gasteiger partial charge < -0.3 is 5.73 Å². The summed E-state index contributed by atoms with van der Waals surface area (Å²) in [7, 11) is -1.93. The van der Waals surface area contributed by atoms with E-state index in [-0.39, 0.29) is 6.04 Å². The summed E-state index contributed by atoms with van der Waals surface area (Å²) >= 11 is 0. The molecule has 1 rings (SSSR count). The fourth-order valence-electron chi connectivity index (χ4n) is 1.86. The van der Waals surface area contributed by atoms with Crippen molar-refractivity contribution in [3.63, 3.8) is 0 Å². The zero-order valence-electron chi connectivity index (χ0n) is 12.7. The van der Waals surface area contributed by atoms with Gasteiger partial charge in [-0.1, -0.05) is 18.2 Å². The van der Waals surface area contributed by atoms with Crippen molar-refractivity contribution >= 4 is 15.9 Å². The summed E-state index contributed by atoms with van der Waals surface area (Å²) in [5.74, 6) is 0. The van der Waals surface area contributed by atoms with Crippen LogP contribution in [0.1, 0.15) is 25.8 Å². The Morgan fingerprint density at radius 3 is 2.35 bits per heavy atom. The zero-order chi connectivity index (χ0) is 15.3. The van der Waals surface area contributed by atoms with E-state index in [1.54, 1.807) is 7.05 Å². The Morgan fingerprint density at radius 2 is 1.85 bits per heavy atom. The molecule has 0 aliphatic carbocycles. The summed E-state index contributed by atoms with van der Waals surface area (Å²) < 4.78 is 28.3. The predicted molar refractivity (Wildman–Crippen MR) is 84.0 cm³/mol. The van der Waals surface area contributed by atoms with E-state index >= 15 is 0 Å². The van der Waals surface area contributed by atoms with Crippen LogP contribution in [0.25, 0.3) is 0 Å². The van der Waals surface area contributed by atoms with Crippen LogP contribution < -0.4 is 10.0 Å². The van der Waals surface area contributed by atoms with E-state index in [1.807, 2.05) is 45.0 Å². The van der Waals surface area contributed by atoms with Crippen LogP contribution in [0, 0.1) is 6.92 Å². The fourth-order valence-corrected chi connectivity index (χ4v) is 3.52. The molecule has 0 saturated carbocycles. The maximum Gasteiger partial charge on any atom is 0.304 e. The number of aryl methyl sites for hydroxylation is 1. The lowest BCUT2D eigenvalue weighted by atomic mass is 10.2. The van der Waals surface area contributed by atoms with Crippen molar-refractivity contribution < 1.29 is 8.42 Å². The highest BCUT2D eigenvalue weighted by Crippen LogP contribution is 2.24. The molecule has 0 aliphatic heterocycles. The van der Waals surface area contributed by atoms with Crippen LogP contribution in [0.4, 0.5) is 5.69 Å². The van der Waals surface area contributed by atoms with Crippen LogP contribution in [0.15, 0.2) is 24.3 Å². The topological polar surface area (TPSA) is 66.6 Å². The van der Waals surface area contributed by atoms with Crippen LogP contribution in [0.3, 0.4) is 0 Å². The van der Waals surface area contributed by atoms with Gasteiger partial charge in [0.1, 0.15) is 0 Å². The van der Waals surface area contributed by atoms with E-state index in [0.29, 0.717) is 25.2 Å². The van der Waals surface area contributed by atoms with Gasteiger partial charge in [0, 0.05) is 19.6 Å². The highest BCUT2D eigenvalue weighted by atomic mass is 32.2. The summed E-state index contributed by atoms with van der Waals surface area (Å²) in [6, 6.07) is 7.40. The largest absolute Gasteiger partial charge is 0.330 e. The van der Waals surface area contributed by atoms with Crippen LogP contribution in [-0.2, 0) is 10.2 Å². The Bertz CT molecular complexity index is 529. The smallest absolute Gasteiger partial charge is 0.304 e. The number of hydrogen-bond donors (Lipinski definition) is 1. The third-order valence-electron chi connectivity index (χ3n) is 3.32. The molecule has 0 spiro atoms. The average molecular weight is 299 g/mol. The number of benzene rings is 1. The summed E-state index contributed by atoms with van der Waals surface area (Å²) in [6.07, 6.45) is 0.625. The number of nitrogens with two attached hydrogens (primary N) is 1. The van der Waals surface area contributed by atoms with E-state index in [4.69, 9.17) is 5.73 Å². The first-order valence-corrected chi connectivity index (χ1v) is 8.23. The summed E-state index contributed by atoms with van der Waals surface area (Å²) in [5, 5.41) is 0. The van der Waals surface area contributed by atoms with Crippen LogP contribution in [0.2, 0.25) is 0 Å². The molecule has 20 heavy (non-hydrogen) atoms. The molecule has 114 valence electrons. The molecule has 0 atom stereocenters. The van der Waals surface area contributed by atoms with Gasteiger partial charge in [0.25, 0.3) is 0 Å². The lowest BCUT2D eigenvalue weighted by molar-refractivity contribution is 0.408. The van der Waals surface area contributed by atoms with Crippen molar-refractivity contribution in [1.82, 2.24) is 4.31 Å².